The van der Waals surface area contributed by atoms with Crippen molar-refractivity contribution < 1.29 is 9.53 Å². The molecule has 0 spiro atoms. The summed E-state index contributed by atoms with van der Waals surface area (Å²) in [5, 5.41) is 9.03. The van der Waals surface area contributed by atoms with Gasteiger partial charge in [-0.3, -0.25) is 0 Å². The monoisotopic (exact) mass is 336 g/mol. The van der Waals surface area contributed by atoms with Crippen LogP contribution in [0.3, 0.4) is 0 Å². The van der Waals surface area contributed by atoms with Crippen LogP contribution in [0.4, 0.5) is 4.79 Å². The van der Waals surface area contributed by atoms with E-state index in [1.165, 1.54) is 0 Å². The minimum Gasteiger partial charge on any atom is -0.444 e. The fourth-order valence-corrected chi connectivity index (χ4v) is 2.96. The molecule has 1 unspecified atom stereocenters. The maximum absolute atomic E-state index is 12.1. The molecule has 1 aliphatic rings. The molecule has 1 saturated heterocycles. The Morgan fingerprint density at radius 1 is 1.43 bits per heavy atom. The van der Waals surface area contributed by atoms with Gasteiger partial charge in [0, 0.05) is 24.7 Å². The van der Waals surface area contributed by atoms with E-state index in [0.29, 0.717) is 24.0 Å². The Morgan fingerprint density at radius 3 is 2.96 bits per heavy atom. The molecule has 124 valence electrons. The van der Waals surface area contributed by atoms with Crippen LogP contribution in [0.1, 0.15) is 27.2 Å². The van der Waals surface area contributed by atoms with Gasteiger partial charge in [-0.25, -0.2) is 9.48 Å². The summed E-state index contributed by atoms with van der Waals surface area (Å²) in [6, 6.07) is 5.54. The minimum atomic E-state index is -0.464. The average Bonchev–Trinajstić information content (AvgIpc) is 3.05. The average molecular weight is 337 g/mol. The summed E-state index contributed by atoms with van der Waals surface area (Å²) < 4.78 is 7.29. The first kappa shape index (κ1) is 16.1. The van der Waals surface area contributed by atoms with Gasteiger partial charge in [0.15, 0.2) is 0 Å². The molecule has 2 aromatic rings. The summed E-state index contributed by atoms with van der Waals surface area (Å²) in [7, 11) is 0. The summed E-state index contributed by atoms with van der Waals surface area (Å²) in [6.45, 7) is 7.75. The van der Waals surface area contributed by atoms with Crippen molar-refractivity contribution in [1.82, 2.24) is 19.9 Å². The molecule has 3 rings (SSSR count). The molecule has 0 N–H and O–H groups in total. The molecular formula is C16H21ClN4O2. The highest BCUT2D eigenvalue weighted by Gasteiger charge is 2.30. The lowest BCUT2D eigenvalue weighted by Gasteiger charge is -2.24. The molecule has 1 aliphatic heterocycles. The molecule has 1 atom stereocenters. The molecule has 0 saturated carbocycles. The van der Waals surface area contributed by atoms with Gasteiger partial charge in [-0.15, -0.1) is 5.10 Å². The summed E-state index contributed by atoms with van der Waals surface area (Å²) in [6.07, 6.45) is 0.688. The Labute approximate surface area is 140 Å². The molecule has 0 bridgehead atoms. The van der Waals surface area contributed by atoms with Crippen molar-refractivity contribution in [3.05, 3.63) is 23.2 Å². The smallest absolute Gasteiger partial charge is 0.410 e. The Kier molecular flexibility index (Phi) is 4.19. The zero-order chi connectivity index (χ0) is 16.6. The van der Waals surface area contributed by atoms with Crippen LogP contribution in [-0.2, 0) is 11.3 Å². The van der Waals surface area contributed by atoms with E-state index in [4.69, 9.17) is 16.3 Å². The number of carbonyl (C=O) groups excluding carboxylic acids is 1. The van der Waals surface area contributed by atoms with E-state index in [9.17, 15) is 4.79 Å². The number of carbonyl (C=O) groups is 1. The normalized spacial score (nSPS) is 18.6. The lowest BCUT2D eigenvalue weighted by molar-refractivity contribution is 0.0287. The number of fused-ring (bicyclic) bond motifs is 1. The molecule has 0 aliphatic carbocycles. The van der Waals surface area contributed by atoms with Crippen LogP contribution in [0.15, 0.2) is 18.2 Å². The van der Waals surface area contributed by atoms with E-state index in [1.807, 2.05) is 43.7 Å². The SMILES string of the molecule is CC(C)(C)OC(=O)N1CCC(Cn2nnc3ccc(Cl)cc32)C1. The molecule has 1 amide bonds. The lowest BCUT2D eigenvalue weighted by atomic mass is 10.1. The van der Waals surface area contributed by atoms with Crippen LogP contribution in [0.2, 0.25) is 5.02 Å². The Hall–Kier alpha value is -1.82. The third-order valence-electron chi connectivity index (χ3n) is 3.84. The second-order valence-corrected chi connectivity index (χ2v) is 7.42. The molecule has 0 radical (unpaired) electrons. The topological polar surface area (TPSA) is 60.2 Å². The van der Waals surface area contributed by atoms with Gasteiger partial charge in [0.2, 0.25) is 0 Å². The number of ether oxygens (including phenoxy) is 1. The summed E-state index contributed by atoms with van der Waals surface area (Å²) in [5.41, 5.74) is 1.29. The number of aromatic nitrogens is 3. The van der Waals surface area contributed by atoms with Crippen molar-refractivity contribution >= 4 is 28.7 Å². The molecule has 6 nitrogen and oxygen atoms in total. The van der Waals surface area contributed by atoms with Crippen molar-refractivity contribution in [2.75, 3.05) is 13.1 Å². The molecule has 1 fully saturated rings. The van der Waals surface area contributed by atoms with Crippen molar-refractivity contribution in [3.8, 4) is 0 Å². The number of benzene rings is 1. The second kappa shape index (κ2) is 6.00. The number of hydrogen-bond acceptors (Lipinski definition) is 4. The number of nitrogens with zero attached hydrogens (tertiary/aromatic N) is 4. The fraction of sp³-hybridized carbons (Fsp3) is 0.562. The third-order valence-corrected chi connectivity index (χ3v) is 4.08. The molecule has 1 aromatic carbocycles. The number of halogens is 1. The van der Waals surface area contributed by atoms with Crippen LogP contribution in [0, 0.1) is 5.92 Å². The van der Waals surface area contributed by atoms with Crippen LogP contribution in [0.25, 0.3) is 11.0 Å². The quantitative estimate of drug-likeness (QED) is 0.843. The standard InChI is InChI=1S/C16H21ClN4O2/c1-16(2,3)23-15(22)20-7-6-11(9-20)10-21-14-8-12(17)4-5-13(14)18-19-21/h4-5,8,11H,6-7,9-10H2,1-3H3. The van der Waals surface area contributed by atoms with Crippen LogP contribution >= 0.6 is 11.6 Å². The van der Waals surface area contributed by atoms with E-state index < -0.39 is 5.60 Å². The van der Waals surface area contributed by atoms with Gasteiger partial charge in [-0.1, -0.05) is 16.8 Å². The Bertz CT molecular complexity index is 722. The van der Waals surface area contributed by atoms with Crippen molar-refractivity contribution in [2.45, 2.75) is 39.3 Å². The van der Waals surface area contributed by atoms with Crippen LogP contribution in [0.5, 0.6) is 0 Å². The van der Waals surface area contributed by atoms with Gasteiger partial charge in [0.25, 0.3) is 0 Å². The van der Waals surface area contributed by atoms with Gasteiger partial charge < -0.3 is 9.64 Å². The zero-order valence-electron chi connectivity index (χ0n) is 13.6. The predicted molar refractivity (Wildman–Crippen MR) is 88.5 cm³/mol. The van der Waals surface area contributed by atoms with Crippen LogP contribution < -0.4 is 0 Å². The first-order chi connectivity index (χ1) is 10.8. The van der Waals surface area contributed by atoms with E-state index >= 15 is 0 Å². The first-order valence-corrected chi connectivity index (χ1v) is 8.16. The highest BCUT2D eigenvalue weighted by atomic mass is 35.5. The summed E-state index contributed by atoms with van der Waals surface area (Å²) in [4.78, 5) is 13.9. The van der Waals surface area contributed by atoms with Crippen molar-refractivity contribution in [1.29, 1.82) is 0 Å². The Balaban J connectivity index is 1.65. The van der Waals surface area contributed by atoms with E-state index in [2.05, 4.69) is 10.3 Å². The maximum Gasteiger partial charge on any atom is 0.410 e. The van der Waals surface area contributed by atoms with Gasteiger partial charge in [0.1, 0.15) is 11.1 Å². The summed E-state index contributed by atoms with van der Waals surface area (Å²) in [5.74, 6) is 0.339. The number of amides is 1. The van der Waals surface area contributed by atoms with E-state index in [0.717, 1.165) is 24.0 Å². The second-order valence-electron chi connectivity index (χ2n) is 6.99. The van der Waals surface area contributed by atoms with Gasteiger partial charge in [-0.2, -0.15) is 0 Å². The van der Waals surface area contributed by atoms with Crippen molar-refractivity contribution in [3.63, 3.8) is 0 Å². The van der Waals surface area contributed by atoms with Gasteiger partial charge >= 0.3 is 6.09 Å². The number of hydrogen-bond donors (Lipinski definition) is 0. The largest absolute Gasteiger partial charge is 0.444 e. The number of likely N-dealkylation sites (tertiary alicyclic amines) is 1. The molecule has 2 heterocycles. The zero-order valence-corrected chi connectivity index (χ0v) is 14.4. The fourth-order valence-electron chi connectivity index (χ4n) is 2.79. The first-order valence-electron chi connectivity index (χ1n) is 7.78. The van der Waals surface area contributed by atoms with Gasteiger partial charge in [0.05, 0.1) is 5.52 Å². The Morgan fingerprint density at radius 2 is 2.22 bits per heavy atom. The van der Waals surface area contributed by atoms with Gasteiger partial charge in [-0.05, 0) is 51.3 Å². The molecular weight excluding hydrogens is 316 g/mol. The van der Waals surface area contributed by atoms with E-state index in [1.54, 1.807) is 4.90 Å². The van der Waals surface area contributed by atoms with Crippen molar-refractivity contribution in [2.24, 2.45) is 5.92 Å². The molecule has 1 aromatic heterocycles. The third kappa shape index (κ3) is 3.75. The molecule has 7 heteroatoms. The minimum absolute atomic E-state index is 0.244. The lowest BCUT2D eigenvalue weighted by Crippen LogP contribution is -2.35. The maximum atomic E-state index is 12.1. The number of rotatable bonds is 2. The molecule has 23 heavy (non-hydrogen) atoms. The predicted octanol–water partition coefficient (Wildman–Crippen LogP) is 3.34. The van der Waals surface area contributed by atoms with Crippen LogP contribution in [-0.4, -0.2) is 44.7 Å². The highest BCUT2D eigenvalue weighted by molar-refractivity contribution is 6.31. The highest BCUT2D eigenvalue weighted by Crippen LogP contribution is 2.23. The summed E-state index contributed by atoms with van der Waals surface area (Å²) >= 11 is 6.05. The van der Waals surface area contributed by atoms with E-state index in [-0.39, 0.29) is 6.09 Å².